The maximum absolute atomic E-state index is 11.6. The summed E-state index contributed by atoms with van der Waals surface area (Å²) in [6.07, 6.45) is 0.301. The molecule has 84 valence electrons. The molecule has 3 heteroatoms. The zero-order valence-electron chi connectivity index (χ0n) is 8.80. The summed E-state index contributed by atoms with van der Waals surface area (Å²) in [6.45, 7) is 0. The quantitative estimate of drug-likeness (QED) is 0.475. The molecule has 0 saturated heterocycles. The first-order valence-electron chi connectivity index (χ1n) is 5.14. The molecule has 0 heterocycles. The molecule has 0 aliphatic carbocycles. The molecule has 0 saturated carbocycles. The van der Waals surface area contributed by atoms with Gasteiger partial charge in [0.2, 0.25) is 0 Å². The van der Waals surface area contributed by atoms with Crippen LogP contribution in [0.25, 0.3) is 0 Å². The van der Waals surface area contributed by atoms with Gasteiger partial charge in [-0.2, -0.15) is 0 Å². The van der Waals surface area contributed by atoms with Crippen molar-refractivity contribution in [2.45, 2.75) is 6.42 Å². The number of esters is 1. The Kier molecular flexibility index (Phi) is 6.27. The van der Waals surface area contributed by atoms with Gasteiger partial charge in [0, 0.05) is 0 Å². The number of rotatable bonds is 3. The van der Waals surface area contributed by atoms with Gasteiger partial charge in [0.1, 0.15) is 5.75 Å². The maximum atomic E-state index is 11.6. The normalized spacial score (nSPS) is 9.18. The summed E-state index contributed by atoms with van der Waals surface area (Å²) >= 11 is 0. The third kappa shape index (κ3) is 4.90. The number of para-hydroxylation sites is 1. The van der Waals surface area contributed by atoms with Gasteiger partial charge in [-0.25, -0.2) is 0 Å². The molecular formula is C14H14CaO2. The predicted molar refractivity (Wildman–Crippen MR) is 70.8 cm³/mol. The van der Waals surface area contributed by atoms with E-state index in [2.05, 4.69) is 0 Å². The average molecular weight is 254 g/mol. The van der Waals surface area contributed by atoms with Gasteiger partial charge in [-0.3, -0.25) is 4.79 Å². The van der Waals surface area contributed by atoms with Crippen molar-refractivity contribution in [2.75, 3.05) is 0 Å². The second kappa shape index (κ2) is 7.49. The molecule has 0 unspecified atom stereocenters. The molecule has 0 bridgehead atoms. The van der Waals surface area contributed by atoms with Crippen molar-refractivity contribution in [3.05, 3.63) is 66.2 Å². The van der Waals surface area contributed by atoms with Crippen molar-refractivity contribution in [1.29, 1.82) is 0 Å². The van der Waals surface area contributed by atoms with E-state index in [0.717, 1.165) is 5.56 Å². The Balaban J connectivity index is 0.00000144. The standard InChI is InChI=1S/C14H12O2.Ca.2H/c15-14(11-12-7-3-1-4-8-12)16-13-9-5-2-6-10-13;;;/h1-10H,11H2;;;. The van der Waals surface area contributed by atoms with E-state index in [9.17, 15) is 4.79 Å². The Morgan fingerprint density at radius 1 is 0.882 bits per heavy atom. The summed E-state index contributed by atoms with van der Waals surface area (Å²) in [5.74, 6) is 0.348. The topological polar surface area (TPSA) is 26.3 Å². The first kappa shape index (κ1) is 14.2. The zero-order chi connectivity index (χ0) is 11.2. The fourth-order valence-corrected chi connectivity index (χ4v) is 1.42. The van der Waals surface area contributed by atoms with Gasteiger partial charge in [-0.15, -0.1) is 0 Å². The van der Waals surface area contributed by atoms with Gasteiger partial charge in [-0.05, 0) is 17.7 Å². The first-order chi connectivity index (χ1) is 7.84. The monoisotopic (exact) mass is 254 g/mol. The van der Waals surface area contributed by atoms with Crippen LogP contribution in [0.3, 0.4) is 0 Å². The van der Waals surface area contributed by atoms with Crippen LogP contribution in [-0.4, -0.2) is 43.7 Å². The fourth-order valence-electron chi connectivity index (χ4n) is 1.42. The van der Waals surface area contributed by atoms with Crippen LogP contribution in [0, 0.1) is 0 Å². The number of hydrogen-bond donors (Lipinski definition) is 0. The Morgan fingerprint density at radius 2 is 1.41 bits per heavy atom. The van der Waals surface area contributed by atoms with Gasteiger partial charge in [-0.1, -0.05) is 48.5 Å². The minimum absolute atomic E-state index is 0. The second-order valence-corrected chi connectivity index (χ2v) is 3.45. The van der Waals surface area contributed by atoms with Crippen LogP contribution in [0.15, 0.2) is 60.7 Å². The molecule has 2 aromatic rings. The van der Waals surface area contributed by atoms with Crippen LogP contribution < -0.4 is 4.74 Å². The van der Waals surface area contributed by atoms with E-state index in [-0.39, 0.29) is 43.7 Å². The molecule has 0 aliphatic rings. The number of benzene rings is 2. The van der Waals surface area contributed by atoms with E-state index in [4.69, 9.17) is 4.74 Å². The van der Waals surface area contributed by atoms with E-state index in [0.29, 0.717) is 12.2 Å². The average Bonchev–Trinajstić information content (AvgIpc) is 2.31. The van der Waals surface area contributed by atoms with E-state index in [1.807, 2.05) is 48.5 Å². The van der Waals surface area contributed by atoms with E-state index >= 15 is 0 Å². The fraction of sp³-hybridized carbons (Fsp3) is 0.0714. The summed E-state index contributed by atoms with van der Waals surface area (Å²) in [7, 11) is 0. The summed E-state index contributed by atoms with van der Waals surface area (Å²) < 4.78 is 5.18. The van der Waals surface area contributed by atoms with Gasteiger partial charge in [0.25, 0.3) is 0 Å². The molecule has 0 aromatic heterocycles. The molecule has 0 radical (unpaired) electrons. The van der Waals surface area contributed by atoms with Crippen LogP contribution in [0.1, 0.15) is 5.56 Å². The Bertz CT molecular complexity index is 411. The molecule has 0 spiro atoms. The van der Waals surface area contributed by atoms with Crippen LogP contribution in [0.5, 0.6) is 5.75 Å². The van der Waals surface area contributed by atoms with Crippen molar-refractivity contribution >= 4 is 43.7 Å². The zero-order valence-corrected chi connectivity index (χ0v) is 8.80. The molecular weight excluding hydrogens is 240 g/mol. The molecule has 0 amide bonds. The Hall–Kier alpha value is -0.830. The van der Waals surface area contributed by atoms with Gasteiger partial charge in [0.15, 0.2) is 0 Å². The molecule has 2 rings (SSSR count). The second-order valence-electron chi connectivity index (χ2n) is 3.45. The van der Waals surface area contributed by atoms with E-state index < -0.39 is 0 Å². The van der Waals surface area contributed by atoms with Crippen molar-refractivity contribution in [2.24, 2.45) is 0 Å². The Labute approximate surface area is 131 Å². The molecule has 0 atom stereocenters. The van der Waals surface area contributed by atoms with Crippen LogP contribution in [0.4, 0.5) is 0 Å². The number of hydrogen-bond acceptors (Lipinski definition) is 2. The molecule has 17 heavy (non-hydrogen) atoms. The molecule has 0 N–H and O–H groups in total. The SMILES string of the molecule is O=C(Cc1ccccc1)Oc1ccccc1.[CaH2]. The van der Waals surface area contributed by atoms with Crippen LogP contribution >= 0.6 is 0 Å². The third-order valence-electron chi connectivity index (χ3n) is 2.17. The molecule has 0 aliphatic heterocycles. The number of ether oxygens (including phenoxy) is 1. The number of carbonyl (C=O) groups excluding carboxylic acids is 1. The van der Waals surface area contributed by atoms with Crippen molar-refractivity contribution in [3.63, 3.8) is 0 Å². The van der Waals surface area contributed by atoms with Crippen LogP contribution in [-0.2, 0) is 11.2 Å². The Morgan fingerprint density at radius 3 is 2.00 bits per heavy atom. The van der Waals surface area contributed by atoms with Gasteiger partial charge in [0.05, 0.1) is 6.42 Å². The molecule has 0 fully saturated rings. The summed E-state index contributed by atoms with van der Waals surface area (Å²) in [4.78, 5) is 11.6. The summed E-state index contributed by atoms with van der Waals surface area (Å²) in [6, 6.07) is 18.7. The first-order valence-corrected chi connectivity index (χ1v) is 5.14. The summed E-state index contributed by atoms with van der Waals surface area (Å²) in [5.41, 5.74) is 0.962. The van der Waals surface area contributed by atoms with Crippen molar-refractivity contribution < 1.29 is 9.53 Å². The van der Waals surface area contributed by atoms with Gasteiger partial charge < -0.3 is 4.74 Å². The number of carbonyl (C=O) groups is 1. The van der Waals surface area contributed by atoms with Crippen molar-refractivity contribution in [1.82, 2.24) is 0 Å². The van der Waals surface area contributed by atoms with Crippen LogP contribution in [0.2, 0.25) is 0 Å². The van der Waals surface area contributed by atoms with Crippen molar-refractivity contribution in [3.8, 4) is 5.75 Å². The predicted octanol–water partition coefficient (Wildman–Crippen LogP) is 1.92. The summed E-state index contributed by atoms with van der Waals surface area (Å²) in [5, 5.41) is 0. The van der Waals surface area contributed by atoms with Gasteiger partial charge >= 0.3 is 43.7 Å². The van der Waals surface area contributed by atoms with E-state index in [1.54, 1.807) is 12.1 Å². The third-order valence-corrected chi connectivity index (χ3v) is 2.17. The van der Waals surface area contributed by atoms with E-state index in [1.165, 1.54) is 0 Å². The molecule has 2 nitrogen and oxygen atoms in total. The minimum atomic E-state index is -0.239. The molecule has 2 aromatic carbocycles.